The molecular formula is C26H41NO6Si. The first-order valence-electron chi connectivity index (χ1n) is 11.8. The lowest BCUT2D eigenvalue weighted by Crippen LogP contribution is -2.57. The molecule has 1 fully saturated rings. The quantitative estimate of drug-likeness (QED) is 0.322. The zero-order valence-corrected chi connectivity index (χ0v) is 23.2. The van der Waals surface area contributed by atoms with Gasteiger partial charge in [0.1, 0.15) is 11.9 Å². The summed E-state index contributed by atoms with van der Waals surface area (Å²) in [5.41, 5.74) is 0.797. The first kappa shape index (κ1) is 27.9. The van der Waals surface area contributed by atoms with Crippen LogP contribution in [0.2, 0.25) is 18.1 Å². The van der Waals surface area contributed by atoms with Crippen molar-refractivity contribution in [1.82, 2.24) is 5.32 Å². The maximum Gasteiger partial charge on any atom is 0.303 e. The minimum atomic E-state index is -2.02. The molecule has 0 aliphatic carbocycles. The molecule has 0 spiro atoms. The lowest BCUT2D eigenvalue weighted by molar-refractivity contribution is -0.198. The Bertz CT molecular complexity index is 907. The molecule has 0 saturated carbocycles. The lowest BCUT2D eigenvalue weighted by atomic mass is 9.83. The summed E-state index contributed by atoms with van der Waals surface area (Å²) in [6.45, 7) is 18.3. The highest BCUT2D eigenvalue weighted by Gasteiger charge is 2.42. The Kier molecular flexibility index (Phi) is 8.99. The molecule has 190 valence electrons. The number of rotatable bonds is 7. The molecule has 1 N–H and O–H groups in total. The van der Waals surface area contributed by atoms with Crippen LogP contribution in [-0.4, -0.2) is 45.7 Å². The van der Waals surface area contributed by atoms with Gasteiger partial charge in [0.15, 0.2) is 12.0 Å². The number of hydrogen-bond acceptors (Lipinski definition) is 6. The lowest BCUT2D eigenvalue weighted by Gasteiger charge is -2.43. The standard InChI is InChI=1S/C26H41NO6Si/c1-16-17(2)24(32-19(4)28)25(31-18(16)3)27-23(29)14-12-20-11-13-21(22(15-20)30-8)33-34(9,10)26(5,6)7/h11-18,24-25H,1-10H3,(H,27,29)/b14-12+. The third-order valence-corrected chi connectivity index (χ3v) is 11.5. The van der Waals surface area contributed by atoms with Crippen molar-refractivity contribution in [3.8, 4) is 11.5 Å². The van der Waals surface area contributed by atoms with Gasteiger partial charge in [-0.1, -0.05) is 40.7 Å². The number of benzene rings is 1. The molecule has 1 heterocycles. The van der Waals surface area contributed by atoms with Crippen LogP contribution in [0.5, 0.6) is 11.5 Å². The minimum Gasteiger partial charge on any atom is -0.541 e. The molecule has 1 aromatic rings. The van der Waals surface area contributed by atoms with E-state index in [-0.39, 0.29) is 28.9 Å². The van der Waals surface area contributed by atoms with Crippen molar-refractivity contribution in [2.45, 2.75) is 85.0 Å². The van der Waals surface area contributed by atoms with Crippen LogP contribution in [0.25, 0.3) is 6.08 Å². The van der Waals surface area contributed by atoms with Crippen LogP contribution < -0.4 is 14.5 Å². The predicted octanol–water partition coefficient (Wildman–Crippen LogP) is 5.16. The normalized spacial score (nSPS) is 25.6. The van der Waals surface area contributed by atoms with Gasteiger partial charge in [0.05, 0.1) is 13.2 Å². The fourth-order valence-corrected chi connectivity index (χ4v) is 4.60. The Morgan fingerprint density at radius 3 is 2.29 bits per heavy atom. The van der Waals surface area contributed by atoms with Crippen molar-refractivity contribution in [2.75, 3.05) is 7.11 Å². The first-order chi connectivity index (χ1) is 15.7. The number of esters is 1. The molecule has 1 aliphatic rings. The fraction of sp³-hybridized carbons (Fsp3) is 0.615. The molecule has 5 atom stereocenters. The highest BCUT2D eigenvalue weighted by molar-refractivity contribution is 6.74. The molecule has 1 amide bonds. The van der Waals surface area contributed by atoms with Crippen molar-refractivity contribution in [3.05, 3.63) is 29.8 Å². The van der Waals surface area contributed by atoms with E-state index in [1.165, 1.54) is 13.0 Å². The van der Waals surface area contributed by atoms with Gasteiger partial charge in [-0.25, -0.2) is 0 Å². The summed E-state index contributed by atoms with van der Waals surface area (Å²) >= 11 is 0. The Balaban J connectivity index is 2.13. The highest BCUT2D eigenvalue weighted by atomic mass is 28.4. The summed E-state index contributed by atoms with van der Waals surface area (Å²) in [5.74, 6) is 0.815. The van der Waals surface area contributed by atoms with Gasteiger partial charge < -0.3 is 24.0 Å². The average molecular weight is 492 g/mol. The maximum absolute atomic E-state index is 12.7. The molecule has 0 aromatic heterocycles. The van der Waals surface area contributed by atoms with Crippen LogP contribution in [0.1, 0.15) is 54.0 Å². The Labute approximate surface area is 205 Å². The van der Waals surface area contributed by atoms with E-state index in [4.69, 9.17) is 18.6 Å². The number of nitrogens with one attached hydrogen (secondary N) is 1. The van der Waals surface area contributed by atoms with Crippen molar-refractivity contribution in [2.24, 2.45) is 11.8 Å². The van der Waals surface area contributed by atoms with E-state index in [2.05, 4.69) is 46.1 Å². The molecule has 1 saturated heterocycles. The molecule has 8 heteroatoms. The van der Waals surface area contributed by atoms with E-state index in [0.717, 1.165) is 5.56 Å². The molecule has 34 heavy (non-hydrogen) atoms. The van der Waals surface area contributed by atoms with E-state index >= 15 is 0 Å². The number of amides is 1. The second-order valence-electron chi connectivity index (χ2n) is 10.7. The second kappa shape index (κ2) is 10.9. The summed E-state index contributed by atoms with van der Waals surface area (Å²) < 4.78 is 23.4. The zero-order chi connectivity index (χ0) is 25.8. The van der Waals surface area contributed by atoms with Gasteiger partial charge in [0.25, 0.3) is 8.32 Å². The molecule has 0 bridgehead atoms. The van der Waals surface area contributed by atoms with Crippen LogP contribution in [0.3, 0.4) is 0 Å². The van der Waals surface area contributed by atoms with Crippen molar-refractivity contribution in [1.29, 1.82) is 0 Å². The van der Waals surface area contributed by atoms with Crippen molar-refractivity contribution < 1.29 is 28.2 Å². The van der Waals surface area contributed by atoms with Crippen LogP contribution in [-0.2, 0) is 19.1 Å². The Hall–Kier alpha value is -2.32. The summed E-state index contributed by atoms with van der Waals surface area (Å²) in [7, 11) is -0.415. The number of methoxy groups -OCH3 is 1. The molecule has 5 unspecified atom stereocenters. The molecular weight excluding hydrogens is 450 g/mol. The van der Waals surface area contributed by atoms with Crippen LogP contribution >= 0.6 is 0 Å². The van der Waals surface area contributed by atoms with Crippen LogP contribution in [0, 0.1) is 11.8 Å². The number of ether oxygens (including phenoxy) is 3. The van der Waals surface area contributed by atoms with Gasteiger partial charge in [0.2, 0.25) is 5.91 Å². The first-order valence-corrected chi connectivity index (χ1v) is 14.8. The predicted molar refractivity (Wildman–Crippen MR) is 136 cm³/mol. The number of hydrogen-bond donors (Lipinski definition) is 1. The zero-order valence-electron chi connectivity index (χ0n) is 22.2. The van der Waals surface area contributed by atoms with Gasteiger partial charge in [-0.3, -0.25) is 9.59 Å². The van der Waals surface area contributed by atoms with E-state index < -0.39 is 26.6 Å². The van der Waals surface area contributed by atoms with Gasteiger partial charge in [-0.2, -0.15) is 0 Å². The summed E-state index contributed by atoms with van der Waals surface area (Å²) in [4.78, 5) is 24.3. The SMILES string of the molecule is COc1cc(/C=C/C(=O)NC2OC(C)C(C)C(C)C2OC(C)=O)ccc1O[Si](C)(C)C(C)(C)C. The molecule has 7 nitrogen and oxygen atoms in total. The Morgan fingerprint density at radius 2 is 1.74 bits per heavy atom. The van der Waals surface area contributed by atoms with Crippen LogP contribution in [0.4, 0.5) is 0 Å². The summed E-state index contributed by atoms with van der Waals surface area (Å²) in [6, 6.07) is 5.61. The Morgan fingerprint density at radius 1 is 1.09 bits per heavy atom. The maximum atomic E-state index is 12.7. The largest absolute Gasteiger partial charge is 0.541 e. The van der Waals surface area contributed by atoms with E-state index in [9.17, 15) is 9.59 Å². The third kappa shape index (κ3) is 6.85. The van der Waals surface area contributed by atoms with Crippen molar-refractivity contribution >= 4 is 26.3 Å². The highest BCUT2D eigenvalue weighted by Crippen LogP contribution is 2.40. The van der Waals surface area contributed by atoms with E-state index in [0.29, 0.717) is 11.5 Å². The number of carbonyl (C=O) groups is 2. The van der Waals surface area contributed by atoms with Gasteiger partial charge >= 0.3 is 5.97 Å². The van der Waals surface area contributed by atoms with Gasteiger partial charge in [-0.05, 0) is 54.7 Å². The number of carbonyl (C=O) groups excluding carboxylic acids is 2. The topological polar surface area (TPSA) is 83.1 Å². The molecule has 2 rings (SSSR count). The third-order valence-electron chi connectivity index (χ3n) is 7.12. The monoisotopic (exact) mass is 491 g/mol. The smallest absolute Gasteiger partial charge is 0.303 e. The second-order valence-corrected chi connectivity index (χ2v) is 15.4. The van der Waals surface area contributed by atoms with Gasteiger partial charge in [0, 0.05) is 18.9 Å². The van der Waals surface area contributed by atoms with Crippen molar-refractivity contribution in [3.63, 3.8) is 0 Å². The van der Waals surface area contributed by atoms with E-state index in [1.807, 2.05) is 32.0 Å². The average Bonchev–Trinajstić information content (AvgIpc) is 2.73. The summed E-state index contributed by atoms with van der Waals surface area (Å²) in [5, 5.41) is 2.90. The molecule has 1 aliphatic heterocycles. The molecule has 0 radical (unpaired) electrons. The minimum absolute atomic E-state index is 0.0413. The van der Waals surface area contributed by atoms with Crippen LogP contribution in [0.15, 0.2) is 24.3 Å². The summed E-state index contributed by atoms with van der Waals surface area (Å²) in [6.07, 6.45) is 1.80. The fourth-order valence-electron chi connectivity index (χ4n) is 3.57. The van der Waals surface area contributed by atoms with Gasteiger partial charge in [-0.15, -0.1) is 0 Å². The van der Waals surface area contributed by atoms with E-state index in [1.54, 1.807) is 13.2 Å². The molecule has 1 aromatic carbocycles.